The van der Waals surface area contributed by atoms with Crippen LogP contribution in [0.2, 0.25) is 5.15 Å². The number of allylic oxidation sites excluding steroid dienone is 1. The largest absolute Gasteiger partial charge is 0.357 e. The van der Waals surface area contributed by atoms with Gasteiger partial charge in [0.2, 0.25) is 0 Å². The van der Waals surface area contributed by atoms with Gasteiger partial charge in [0.05, 0.1) is 6.54 Å². The Labute approximate surface area is 138 Å². The number of hydrogen-bond acceptors (Lipinski definition) is 2. The summed E-state index contributed by atoms with van der Waals surface area (Å²) in [5.74, 6) is 0.855. The van der Waals surface area contributed by atoms with Gasteiger partial charge in [-0.3, -0.25) is 0 Å². The van der Waals surface area contributed by atoms with E-state index in [9.17, 15) is 0 Å². The van der Waals surface area contributed by atoms with Gasteiger partial charge in [-0.1, -0.05) is 29.3 Å². The molecule has 1 aromatic heterocycles. The van der Waals surface area contributed by atoms with E-state index in [-0.39, 0.29) is 0 Å². The van der Waals surface area contributed by atoms with Crippen LogP contribution in [0.15, 0.2) is 35.0 Å². The molecule has 0 amide bonds. The van der Waals surface area contributed by atoms with Crippen LogP contribution < -0.4 is 10.6 Å². The predicted molar refractivity (Wildman–Crippen MR) is 93.2 cm³/mol. The fraction of sp³-hybridized carbons (Fsp3) is 0.529. The normalized spacial score (nSPS) is 15.4. The fourth-order valence-electron chi connectivity index (χ4n) is 2.49. The molecule has 0 saturated carbocycles. The van der Waals surface area contributed by atoms with E-state index >= 15 is 0 Å². The number of rotatable bonds is 6. The van der Waals surface area contributed by atoms with Crippen LogP contribution in [0.25, 0.3) is 0 Å². The molecule has 1 aromatic rings. The van der Waals surface area contributed by atoms with Crippen LogP contribution >= 0.6 is 11.6 Å². The molecule has 1 aliphatic carbocycles. The highest BCUT2D eigenvalue weighted by Crippen LogP contribution is 2.19. The first-order chi connectivity index (χ1) is 10.8. The van der Waals surface area contributed by atoms with Crippen LogP contribution in [0.1, 0.15) is 44.6 Å². The lowest BCUT2D eigenvalue weighted by Crippen LogP contribution is -2.37. The maximum atomic E-state index is 5.79. The van der Waals surface area contributed by atoms with Crippen molar-refractivity contribution in [2.45, 2.75) is 45.6 Å². The van der Waals surface area contributed by atoms with Crippen molar-refractivity contribution in [1.82, 2.24) is 15.6 Å². The van der Waals surface area contributed by atoms with E-state index in [4.69, 9.17) is 11.6 Å². The minimum Gasteiger partial charge on any atom is -0.357 e. The average Bonchev–Trinajstić information content (AvgIpc) is 2.55. The van der Waals surface area contributed by atoms with Gasteiger partial charge in [0.15, 0.2) is 5.96 Å². The summed E-state index contributed by atoms with van der Waals surface area (Å²) >= 11 is 5.79. The summed E-state index contributed by atoms with van der Waals surface area (Å²) in [4.78, 5) is 8.66. The molecule has 0 bridgehead atoms. The molecule has 0 aromatic carbocycles. The maximum absolute atomic E-state index is 5.79. The topological polar surface area (TPSA) is 49.3 Å². The van der Waals surface area contributed by atoms with Gasteiger partial charge in [0, 0.05) is 19.3 Å². The summed E-state index contributed by atoms with van der Waals surface area (Å²) in [6, 6.07) is 3.75. The third-order valence-corrected chi connectivity index (χ3v) is 3.90. The van der Waals surface area contributed by atoms with Crippen molar-refractivity contribution in [1.29, 1.82) is 0 Å². The van der Waals surface area contributed by atoms with E-state index in [0.29, 0.717) is 11.7 Å². The molecule has 2 rings (SSSR count). The van der Waals surface area contributed by atoms with Crippen LogP contribution in [0, 0.1) is 0 Å². The molecule has 1 heterocycles. The first-order valence-electron chi connectivity index (χ1n) is 8.08. The second-order valence-electron chi connectivity index (χ2n) is 5.47. The standard InChI is InChI=1S/C17H25ClN4/c1-2-19-17(20-11-10-14-6-4-3-5-7-14)22-13-15-8-9-16(18)21-12-15/h6,8-9,12H,2-5,7,10-11,13H2,1H3,(H2,19,20,22). The molecule has 0 radical (unpaired) electrons. The molecule has 0 aliphatic heterocycles. The number of nitrogens with zero attached hydrogens (tertiary/aromatic N) is 2. The molecule has 0 fully saturated rings. The summed E-state index contributed by atoms with van der Waals surface area (Å²) in [5, 5.41) is 7.19. The van der Waals surface area contributed by atoms with Gasteiger partial charge >= 0.3 is 0 Å². The molecule has 120 valence electrons. The Morgan fingerprint density at radius 2 is 2.23 bits per heavy atom. The minimum atomic E-state index is 0.513. The van der Waals surface area contributed by atoms with Crippen molar-refractivity contribution < 1.29 is 0 Å². The Kier molecular flexibility index (Phi) is 7.23. The average molecular weight is 321 g/mol. The lowest BCUT2D eigenvalue weighted by molar-refractivity contribution is 0.665. The van der Waals surface area contributed by atoms with Gasteiger partial charge in [0.1, 0.15) is 5.15 Å². The smallest absolute Gasteiger partial charge is 0.191 e. The zero-order chi connectivity index (χ0) is 15.6. The Bertz CT molecular complexity index is 508. The third-order valence-electron chi connectivity index (χ3n) is 3.68. The molecule has 4 nitrogen and oxygen atoms in total. The summed E-state index contributed by atoms with van der Waals surface area (Å²) in [6.07, 6.45) is 10.4. The van der Waals surface area contributed by atoms with Crippen LogP contribution in [-0.4, -0.2) is 24.0 Å². The molecule has 0 unspecified atom stereocenters. The molecule has 0 spiro atoms. The lowest BCUT2D eigenvalue weighted by atomic mass is 9.97. The molecule has 2 N–H and O–H groups in total. The number of pyridine rings is 1. The Hall–Kier alpha value is -1.55. The fourth-order valence-corrected chi connectivity index (χ4v) is 2.60. The molecular weight excluding hydrogens is 296 g/mol. The number of halogens is 1. The second kappa shape index (κ2) is 9.46. The summed E-state index contributed by atoms with van der Waals surface area (Å²) in [7, 11) is 0. The zero-order valence-electron chi connectivity index (χ0n) is 13.2. The SMILES string of the molecule is CCNC(=NCc1ccc(Cl)nc1)NCCC1=CCCCC1. The number of aliphatic imine (C=N–C) groups is 1. The highest BCUT2D eigenvalue weighted by atomic mass is 35.5. The molecular formula is C17H25ClN4. The van der Waals surface area contributed by atoms with Crippen molar-refractivity contribution in [2.24, 2.45) is 4.99 Å². The first kappa shape index (κ1) is 16.8. The minimum absolute atomic E-state index is 0.513. The van der Waals surface area contributed by atoms with Crippen LogP contribution in [0.3, 0.4) is 0 Å². The second-order valence-corrected chi connectivity index (χ2v) is 5.86. The van der Waals surface area contributed by atoms with Gasteiger partial charge < -0.3 is 10.6 Å². The van der Waals surface area contributed by atoms with Gasteiger partial charge in [-0.2, -0.15) is 0 Å². The van der Waals surface area contributed by atoms with Crippen LogP contribution in [0.5, 0.6) is 0 Å². The van der Waals surface area contributed by atoms with Crippen molar-refractivity contribution in [2.75, 3.05) is 13.1 Å². The Balaban J connectivity index is 1.81. The Morgan fingerprint density at radius 1 is 1.32 bits per heavy atom. The van der Waals surface area contributed by atoms with Gasteiger partial charge in [-0.15, -0.1) is 0 Å². The summed E-state index contributed by atoms with van der Waals surface area (Å²) < 4.78 is 0. The van der Waals surface area contributed by atoms with E-state index in [2.05, 4.69) is 33.6 Å². The van der Waals surface area contributed by atoms with Crippen LogP contribution in [-0.2, 0) is 6.54 Å². The number of aromatic nitrogens is 1. The van der Waals surface area contributed by atoms with E-state index < -0.39 is 0 Å². The van der Waals surface area contributed by atoms with E-state index in [1.165, 1.54) is 25.7 Å². The highest BCUT2D eigenvalue weighted by molar-refractivity contribution is 6.29. The number of nitrogens with one attached hydrogen (secondary N) is 2. The van der Waals surface area contributed by atoms with Crippen molar-refractivity contribution >= 4 is 17.6 Å². The lowest BCUT2D eigenvalue weighted by Gasteiger charge is -2.15. The zero-order valence-corrected chi connectivity index (χ0v) is 14.0. The summed E-state index contributed by atoms with van der Waals surface area (Å²) in [6.45, 7) is 4.46. The molecule has 0 atom stereocenters. The first-order valence-corrected chi connectivity index (χ1v) is 8.46. The van der Waals surface area contributed by atoms with Crippen molar-refractivity contribution in [3.8, 4) is 0 Å². The Morgan fingerprint density at radius 3 is 2.91 bits per heavy atom. The van der Waals surface area contributed by atoms with Crippen molar-refractivity contribution in [3.63, 3.8) is 0 Å². The van der Waals surface area contributed by atoms with E-state index in [1.54, 1.807) is 17.8 Å². The van der Waals surface area contributed by atoms with E-state index in [1.807, 2.05) is 6.07 Å². The predicted octanol–water partition coefficient (Wildman–Crippen LogP) is 3.68. The molecule has 0 saturated heterocycles. The highest BCUT2D eigenvalue weighted by Gasteiger charge is 2.04. The van der Waals surface area contributed by atoms with Crippen LogP contribution in [0.4, 0.5) is 0 Å². The third kappa shape index (κ3) is 6.06. The molecule has 22 heavy (non-hydrogen) atoms. The van der Waals surface area contributed by atoms with Crippen molar-refractivity contribution in [3.05, 3.63) is 40.7 Å². The monoisotopic (exact) mass is 320 g/mol. The maximum Gasteiger partial charge on any atom is 0.191 e. The quantitative estimate of drug-likeness (QED) is 0.364. The number of hydrogen-bond donors (Lipinski definition) is 2. The van der Waals surface area contributed by atoms with Gasteiger partial charge in [-0.05, 0) is 50.7 Å². The number of guanidine groups is 1. The summed E-state index contributed by atoms with van der Waals surface area (Å²) in [5.41, 5.74) is 2.63. The van der Waals surface area contributed by atoms with E-state index in [0.717, 1.165) is 31.0 Å². The van der Waals surface area contributed by atoms with Gasteiger partial charge in [0.25, 0.3) is 0 Å². The molecule has 1 aliphatic rings. The molecule has 5 heteroatoms. The van der Waals surface area contributed by atoms with Gasteiger partial charge in [-0.25, -0.2) is 9.98 Å².